The van der Waals surface area contributed by atoms with Gasteiger partial charge in [0, 0.05) is 19.3 Å². The fourth-order valence-electron chi connectivity index (χ4n) is 3.08. The minimum Gasteiger partial charge on any atom is -0.493 e. The van der Waals surface area contributed by atoms with E-state index in [1.807, 2.05) is 10.9 Å². The fraction of sp³-hybridized carbons (Fsp3) is 0.421. The third-order valence-corrected chi connectivity index (χ3v) is 4.54. The number of methoxy groups -OCH3 is 1. The summed E-state index contributed by atoms with van der Waals surface area (Å²) in [5.41, 5.74) is 6.30. The van der Waals surface area contributed by atoms with E-state index >= 15 is 0 Å². The largest absolute Gasteiger partial charge is 0.493 e. The predicted molar refractivity (Wildman–Crippen MR) is 102 cm³/mol. The summed E-state index contributed by atoms with van der Waals surface area (Å²) < 4.78 is 12.4. The molecular weight excluding hydrogens is 362 g/mol. The summed E-state index contributed by atoms with van der Waals surface area (Å²) in [5.74, 6) is 0.0654. The maximum absolute atomic E-state index is 12.4. The second kappa shape index (κ2) is 9.23. The van der Waals surface area contributed by atoms with Crippen LogP contribution in [-0.2, 0) is 11.3 Å². The normalized spacial score (nSPS) is 16.4. The number of ether oxygens (including phenoxy) is 2. The van der Waals surface area contributed by atoms with E-state index in [9.17, 15) is 9.59 Å². The van der Waals surface area contributed by atoms with Gasteiger partial charge in [-0.15, -0.1) is 0 Å². The standard InChI is InChI=1S/C19H25N5O4/c1-27-17-9-13(4-5-16(17)28-12-18(20)25)10-22-19(26)15-6-8-24(23-15)14-3-2-7-21-11-14/h4-6,8-9,14,21H,2-3,7,10-12H2,1H3,(H2,20,25)(H,22,26). The van der Waals surface area contributed by atoms with Crippen LogP contribution < -0.4 is 25.8 Å². The molecule has 28 heavy (non-hydrogen) atoms. The van der Waals surface area contributed by atoms with Crippen LogP contribution in [0.15, 0.2) is 30.5 Å². The summed E-state index contributed by atoms with van der Waals surface area (Å²) in [4.78, 5) is 23.3. The van der Waals surface area contributed by atoms with Crippen molar-refractivity contribution in [2.75, 3.05) is 26.8 Å². The van der Waals surface area contributed by atoms with Crippen LogP contribution in [0.1, 0.15) is 34.9 Å². The van der Waals surface area contributed by atoms with Gasteiger partial charge in [-0.1, -0.05) is 6.07 Å². The Morgan fingerprint density at radius 1 is 1.36 bits per heavy atom. The zero-order valence-electron chi connectivity index (χ0n) is 15.8. The Bertz CT molecular complexity index is 829. The highest BCUT2D eigenvalue weighted by molar-refractivity contribution is 5.92. The minimum atomic E-state index is -0.568. The van der Waals surface area contributed by atoms with E-state index < -0.39 is 5.91 Å². The summed E-state index contributed by atoms with van der Waals surface area (Å²) >= 11 is 0. The van der Waals surface area contributed by atoms with Crippen LogP contribution >= 0.6 is 0 Å². The third-order valence-electron chi connectivity index (χ3n) is 4.54. The van der Waals surface area contributed by atoms with Gasteiger partial charge in [0.2, 0.25) is 0 Å². The van der Waals surface area contributed by atoms with Gasteiger partial charge in [0.25, 0.3) is 11.8 Å². The maximum Gasteiger partial charge on any atom is 0.272 e. The number of amides is 2. The van der Waals surface area contributed by atoms with Crippen molar-refractivity contribution in [1.29, 1.82) is 0 Å². The number of carbonyl (C=O) groups excluding carboxylic acids is 2. The number of primary amides is 1. The topological polar surface area (TPSA) is 120 Å². The minimum absolute atomic E-state index is 0.231. The average Bonchev–Trinajstić information content (AvgIpc) is 3.21. The summed E-state index contributed by atoms with van der Waals surface area (Å²) in [5, 5.41) is 10.6. The summed E-state index contributed by atoms with van der Waals surface area (Å²) in [6.45, 7) is 1.97. The molecule has 1 aliphatic rings. The summed E-state index contributed by atoms with van der Waals surface area (Å²) in [6.07, 6.45) is 4.01. The van der Waals surface area contributed by atoms with Gasteiger partial charge in [-0.25, -0.2) is 0 Å². The fourth-order valence-corrected chi connectivity index (χ4v) is 3.08. The van der Waals surface area contributed by atoms with Gasteiger partial charge < -0.3 is 25.8 Å². The molecule has 1 fully saturated rings. The second-order valence-corrected chi connectivity index (χ2v) is 6.60. The molecule has 1 aliphatic heterocycles. The van der Waals surface area contributed by atoms with Gasteiger partial charge in [0.15, 0.2) is 18.1 Å². The molecule has 1 unspecified atom stereocenters. The van der Waals surface area contributed by atoms with Crippen LogP contribution in [0.3, 0.4) is 0 Å². The molecule has 9 nitrogen and oxygen atoms in total. The lowest BCUT2D eigenvalue weighted by Crippen LogP contribution is -2.32. The van der Waals surface area contributed by atoms with Crippen LogP contribution in [0.2, 0.25) is 0 Å². The van der Waals surface area contributed by atoms with E-state index in [0.29, 0.717) is 23.7 Å². The molecule has 2 amide bonds. The molecule has 150 valence electrons. The molecule has 2 aromatic rings. The first-order valence-electron chi connectivity index (χ1n) is 9.19. The molecule has 0 radical (unpaired) electrons. The Balaban J connectivity index is 1.58. The van der Waals surface area contributed by atoms with Crippen LogP contribution in [0.4, 0.5) is 0 Å². The van der Waals surface area contributed by atoms with Gasteiger partial charge in [-0.3, -0.25) is 14.3 Å². The number of carbonyl (C=O) groups is 2. The number of nitrogens with zero attached hydrogens (tertiary/aromatic N) is 2. The first kappa shape index (κ1) is 19.7. The zero-order valence-corrected chi connectivity index (χ0v) is 15.8. The number of aromatic nitrogens is 2. The van der Waals surface area contributed by atoms with E-state index in [0.717, 1.165) is 31.5 Å². The third kappa shape index (κ3) is 5.01. The van der Waals surface area contributed by atoms with E-state index in [4.69, 9.17) is 15.2 Å². The van der Waals surface area contributed by atoms with Crippen LogP contribution in [0.25, 0.3) is 0 Å². The maximum atomic E-state index is 12.4. The SMILES string of the molecule is COc1cc(CNC(=O)c2ccn(C3CCCNC3)n2)ccc1OCC(N)=O. The molecule has 0 aliphatic carbocycles. The van der Waals surface area contributed by atoms with Gasteiger partial charge in [-0.05, 0) is 43.1 Å². The molecule has 1 atom stereocenters. The zero-order chi connectivity index (χ0) is 19.9. The van der Waals surface area contributed by atoms with Crippen LogP contribution in [0.5, 0.6) is 11.5 Å². The second-order valence-electron chi connectivity index (χ2n) is 6.60. The average molecular weight is 387 g/mol. The number of benzene rings is 1. The van der Waals surface area contributed by atoms with Crippen molar-refractivity contribution < 1.29 is 19.1 Å². The van der Waals surface area contributed by atoms with Crippen molar-refractivity contribution in [3.63, 3.8) is 0 Å². The highest BCUT2D eigenvalue weighted by atomic mass is 16.5. The summed E-state index contributed by atoms with van der Waals surface area (Å²) in [7, 11) is 1.50. The quantitative estimate of drug-likeness (QED) is 0.610. The number of piperidine rings is 1. The molecule has 9 heteroatoms. The lowest BCUT2D eigenvalue weighted by atomic mass is 10.1. The van der Waals surface area contributed by atoms with Crippen molar-refractivity contribution in [2.24, 2.45) is 5.73 Å². The Hall–Kier alpha value is -3.07. The van der Waals surface area contributed by atoms with E-state index in [1.165, 1.54) is 7.11 Å². The monoisotopic (exact) mass is 387 g/mol. The lowest BCUT2D eigenvalue weighted by Gasteiger charge is -2.22. The molecule has 0 spiro atoms. The number of rotatable bonds is 8. The van der Waals surface area contributed by atoms with E-state index in [2.05, 4.69) is 15.7 Å². The van der Waals surface area contributed by atoms with Crippen molar-refractivity contribution >= 4 is 11.8 Å². The Kier molecular flexibility index (Phi) is 6.49. The van der Waals surface area contributed by atoms with Crippen molar-refractivity contribution in [1.82, 2.24) is 20.4 Å². The molecule has 1 saturated heterocycles. The Morgan fingerprint density at radius 2 is 2.21 bits per heavy atom. The first-order chi connectivity index (χ1) is 13.6. The molecule has 2 heterocycles. The Labute approximate surface area is 163 Å². The molecule has 1 aromatic carbocycles. The van der Waals surface area contributed by atoms with Gasteiger partial charge in [0.1, 0.15) is 5.69 Å². The van der Waals surface area contributed by atoms with Gasteiger partial charge in [0.05, 0.1) is 13.2 Å². The molecule has 4 N–H and O–H groups in total. The van der Waals surface area contributed by atoms with Crippen molar-refractivity contribution in [2.45, 2.75) is 25.4 Å². The number of hydrogen-bond acceptors (Lipinski definition) is 6. The first-order valence-corrected chi connectivity index (χ1v) is 9.19. The van der Waals surface area contributed by atoms with Crippen molar-refractivity contribution in [3.8, 4) is 11.5 Å². The summed E-state index contributed by atoms with van der Waals surface area (Å²) in [6, 6.07) is 7.21. The lowest BCUT2D eigenvalue weighted by molar-refractivity contribution is -0.119. The number of hydrogen-bond donors (Lipinski definition) is 3. The van der Waals surface area contributed by atoms with Crippen LogP contribution in [-0.4, -0.2) is 48.4 Å². The molecule has 3 rings (SSSR count). The molecule has 0 saturated carbocycles. The molecule has 0 bridgehead atoms. The Morgan fingerprint density at radius 3 is 2.93 bits per heavy atom. The number of nitrogens with two attached hydrogens (primary N) is 1. The van der Waals surface area contributed by atoms with E-state index in [-0.39, 0.29) is 18.6 Å². The highest BCUT2D eigenvalue weighted by Crippen LogP contribution is 2.28. The van der Waals surface area contributed by atoms with Gasteiger partial charge in [-0.2, -0.15) is 5.10 Å². The van der Waals surface area contributed by atoms with Crippen LogP contribution in [0, 0.1) is 0 Å². The predicted octanol–water partition coefficient (Wildman–Crippen LogP) is 0.610. The van der Waals surface area contributed by atoms with Crippen molar-refractivity contribution in [3.05, 3.63) is 41.7 Å². The number of nitrogens with one attached hydrogen (secondary N) is 2. The van der Waals surface area contributed by atoms with E-state index in [1.54, 1.807) is 24.3 Å². The smallest absolute Gasteiger partial charge is 0.272 e. The molecular formula is C19H25N5O4. The van der Waals surface area contributed by atoms with Gasteiger partial charge >= 0.3 is 0 Å². The molecule has 1 aromatic heterocycles. The highest BCUT2D eigenvalue weighted by Gasteiger charge is 2.17.